The van der Waals surface area contributed by atoms with Crippen molar-refractivity contribution in [3.63, 3.8) is 0 Å². The van der Waals surface area contributed by atoms with E-state index in [4.69, 9.17) is 0 Å². The van der Waals surface area contributed by atoms with Crippen LogP contribution in [0.3, 0.4) is 0 Å². The minimum atomic E-state index is 1.02. The van der Waals surface area contributed by atoms with Crippen LogP contribution in [0.15, 0.2) is 292 Å². The molecule has 10 aromatic carbocycles. The van der Waals surface area contributed by atoms with Gasteiger partial charge in [-0.25, -0.2) is 32.0 Å². The Bertz CT molecular complexity index is 8500. The molecule has 0 bridgehead atoms. The minimum absolute atomic E-state index is 1.02. The second-order valence-electron chi connectivity index (χ2n) is 35.9. The molecular weight excluding hydrogens is 1600 g/mol. The number of nitrogens with zero attached hydrogens (tertiary/aromatic N) is 14. The Kier molecular flexibility index (Phi) is 24.0. The lowest BCUT2D eigenvalue weighted by molar-refractivity contribution is -0.677. The molecule has 0 radical (unpaired) electrons. The van der Waals surface area contributed by atoms with E-state index in [0.717, 1.165) is 44.9 Å². The number of pyridine rings is 7. The van der Waals surface area contributed by atoms with Gasteiger partial charge in [0.15, 0.2) is 38.6 Å². The highest BCUT2D eigenvalue weighted by atomic mass is 15.2. The maximum absolute atomic E-state index is 2.42. The lowest BCUT2D eigenvalue weighted by atomic mass is 10.0. The highest BCUT2D eigenvalue weighted by Gasteiger charge is 2.27. The molecule has 0 saturated heterocycles. The van der Waals surface area contributed by atoms with Gasteiger partial charge < -0.3 is 0 Å². The molecule has 24 rings (SSSR count). The van der Waals surface area contributed by atoms with E-state index in [1.807, 2.05) is 0 Å². The van der Waals surface area contributed by atoms with Crippen LogP contribution < -0.4 is 32.0 Å². The molecule has 0 aliphatic rings. The van der Waals surface area contributed by atoms with E-state index in [-0.39, 0.29) is 0 Å². The summed E-state index contributed by atoms with van der Waals surface area (Å²) >= 11 is 0. The first-order valence-electron chi connectivity index (χ1n) is 47.0. The van der Waals surface area contributed by atoms with E-state index in [1.54, 1.807) is 0 Å². The van der Waals surface area contributed by atoms with Crippen molar-refractivity contribution in [2.24, 2.45) is 49.3 Å². The summed E-state index contributed by atoms with van der Waals surface area (Å²) in [5.41, 5.74) is 27.3. The predicted molar refractivity (Wildman–Crippen MR) is 544 cm³/mol. The zero-order chi connectivity index (χ0) is 91.6. The fourth-order valence-corrected chi connectivity index (χ4v) is 21.2. The molecule has 0 saturated carbocycles. The Hall–Kier alpha value is -14.4. The summed E-state index contributed by atoms with van der Waals surface area (Å²) in [7, 11) is 14.9. The van der Waals surface area contributed by atoms with Crippen LogP contribution in [0.1, 0.15) is 128 Å². The second kappa shape index (κ2) is 35.9. The van der Waals surface area contributed by atoms with Gasteiger partial charge in [0.25, 0.3) is 40.8 Å². The van der Waals surface area contributed by atoms with Crippen molar-refractivity contribution < 1.29 is 32.0 Å². The van der Waals surface area contributed by atoms with Crippen LogP contribution >= 0.6 is 0 Å². The first kappa shape index (κ1) is 87.3. The first-order chi connectivity index (χ1) is 63.5. The summed E-state index contributed by atoms with van der Waals surface area (Å²) in [5.74, 6) is 9.39. The topological polar surface area (TPSA) is 58.0 Å². The van der Waals surface area contributed by atoms with Gasteiger partial charge in [-0.2, -0.15) is 30.8 Å². The first-order valence-corrected chi connectivity index (χ1v) is 47.0. The molecule has 656 valence electrons. The number of hydrogen-bond acceptors (Lipinski definition) is 0. The molecule has 14 aromatic heterocycles. The number of para-hydroxylation sites is 1. The lowest BCUT2D eigenvalue weighted by Gasteiger charge is -2.07. The summed E-state index contributed by atoms with van der Waals surface area (Å²) in [6.45, 7) is 30.6. The Balaban J connectivity index is 0.000000103. The smallest absolute Gasteiger partial charge is 0.236 e. The summed E-state index contributed by atoms with van der Waals surface area (Å²) in [6.07, 6.45) is 22.8. The summed E-state index contributed by atoms with van der Waals surface area (Å²) in [5, 5.41) is 17.3. The predicted octanol–water partition coefficient (Wildman–Crippen LogP) is 23.0. The lowest BCUT2D eigenvalue weighted by Crippen LogP contribution is -2.30. The standard InChI is InChI=1S/3C19H19N2.4C15H17N2/c1-4-18-20(3)12-17-14-9-5-6-10-15(14)19-13(2)8-7-11-16(19)21(17)18;1-4-19-20(3)12-18-15-8-6-5-7-14(15)16-11-13(2)9-10-17(16)21(18)19;1-4-19-20(3)12-18-15-8-6-5-7-14(15)16-10-9-13(2)11-17(16)21(18)19;1-4-15-16(3)10-13-7-6-12-9-11(2)5-8-14(12)17(13)15;1-4-15-16(3)10-13-8-7-12-6-5-11(2)9-14(12)17(13)15;1-4-15-16(3)10-12-8-9-13-11(2)6-5-7-14(13)17(12)15;1-4-14-16(3)10-13-9-8-12-7-5-6-11(2)15(12)17(13)14/h3*5-12H,4H2,1-3H3;4*5-10H,4H2,1-3H3/q7*+1. The van der Waals surface area contributed by atoms with Gasteiger partial charge in [0.1, 0.15) is 82.0 Å². The van der Waals surface area contributed by atoms with E-state index in [9.17, 15) is 0 Å². The Labute approximate surface area is 768 Å². The number of aromatic nitrogens is 14. The van der Waals surface area contributed by atoms with E-state index in [0.29, 0.717) is 0 Å². The van der Waals surface area contributed by atoms with Crippen molar-refractivity contribution in [2.45, 2.75) is 142 Å². The maximum Gasteiger partial charge on any atom is 0.261 e. The largest absolute Gasteiger partial charge is 0.261 e. The molecule has 24 aromatic rings. The SMILES string of the molecule is CCc1n2c(c[n+]1C)c1ccccc1c1c(C)cccc12.CCc1n2c(ccc3c(C)cccc32)c[n+]1C.CCc1n2c(ccc3cc(C)ccc32)c[n+]1C.CCc1n2c(ccc3ccc(C)cc32)c[n+]1C.CCc1n2c(ccc3cccc(C)c32)c[n+]1C.CCc1n2c3cc(C)ccc3c3ccccc3c2c[n+]1C.CCc1n2c3ccc(C)cc3c3ccccc3c2c[n+]1C. The van der Waals surface area contributed by atoms with Crippen LogP contribution in [0.25, 0.3) is 147 Å². The fourth-order valence-electron chi connectivity index (χ4n) is 21.2. The summed E-state index contributed by atoms with van der Waals surface area (Å²) in [6, 6.07) is 90.2. The van der Waals surface area contributed by atoms with Gasteiger partial charge in [0.05, 0.1) is 49.3 Å². The number of benzene rings is 10. The normalized spacial score (nSPS) is 11.6. The third-order valence-electron chi connectivity index (χ3n) is 27.2. The van der Waals surface area contributed by atoms with Crippen molar-refractivity contribution >= 4 is 147 Å². The zero-order valence-corrected chi connectivity index (χ0v) is 80.4. The van der Waals surface area contributed by atoms with Crippen LogP contribution in [0.5, 0.6) is 0 Å². The third kappa shape index (κ3) is 15.5. The summed E-state index contributed by atoms with van der Waals surface area (Å²) < 4.78 is 32.4. The molecule has 0 unspecified atom stereocenters. The fraction of sp³-hybridized carbons (Fsp3) is 0.239. The molecular formula is C117H125N14+7. The van der Waals surface area contributed by atoms with E-state index >= 15 is 0 Å². The average molecular weight is 1730 g/mol. The minimum Gasteiger partial charge on any atom is -0.236 e. The quantitative estimate of drug-likeness (QED) is 0.113. The Morgan fingerprint density at radius 2 is 0.519 bits per heavy atom. The Morgan fingerprint density at radius 3 is 1.06 bits per heavy atom. The maximum atomic E-state index is 2.42. The van der Waals surface area contributed by atoms with E-state index in [2.05, 4.69) is 501 Å². The molecule has 0 fully saturated rings. The van der Waals surface area contributed by atoms with Crippen LogP contribution in [0.2, 0.25) is 0 Å². The van der Waals surface area contributed by atoms with Crippen molar-refractivity contribution in [3.05, 3.63) is 372 Å². The van der Waals surface area contributed by atoms with E-state index < -0.39 is 0 Å². The number of aryl methyl sites for hydroxylation is 21. The molecule has 0 spiro atoms. The Morgan fingerprint density at radius 1 is 0.191 bits per heavy atom. The molecule has 0 atom stereocenters. The number of imidazole rings is 7. The molecule has 14 nitrogen and oxygen atoms in total. The molecule has 14 heteroatoms. The number of rotatable bonds is 7. The van der Waals surface area contributed by atoms with Gasteiger partial charge in [-0.15, -0.1) is 0 Å². The monoisotopic (exact) mass is 1730 g/mol. The summed E-state index contributed by atoms with van der Waals surface area (Å²) in [4.78, 5) is 0. The number of fused-ring (bicyclic) bond motifs is 30. The number of hydrogen-bond donors (Lipinski definition) is 0. The van der Waals surface area contributed by atoms with Gasteiger partial charge in [-0.3, -0.25) is 0 Å². The molecule has 0 aliphatic carbocycles. The molecule has 0 aliphatic heterocycles. The van der Waals surface area contributed by atoms with Crippen LogP contribution in [0.4, 0.5) is 0 Å². The van der Waals surface area contributed by atoms with Gasteiger partial charge >= 0.3 is 0 Å². The van der Waals surface area contributed by atoms with Gasteiger partial charge in [0.2, 0.25) is 0 Å². The highest BCUT2D eigenvalue weighted by Crippen LogP contribution is 2.36. The van der Waals surface area contributed by atoms with Gasteiger partial charge in [0, 0.05) is 98.8 Å². The third-order valence-corrected chi connectivity index (χ3v) is 27.2. The molecule has 0 amide bonds. The van der Waals surface area contributed by atoms with Crippen LogP contribution in [-0.2, 0) is 94.3 Å². The van der Waals surface area contributed by atoms with Crippen molar-refractivity contribution in [1.82, 2.24) is 30.8 Å². The highest BCUT2D eigenvalue weighted by molar-refractivity contribution is 6.15. The second-order valence-corrected chi connectivity index (χ2v) is 35.9. The molecule has 131 heavy (non-hydrogen) atoms. The van der Waals surface area contributed by atoms with Crippen molar-refractivity contribution in [2.75, 3.05) is 0 Å². The van der Waals surface area contributed by atoms with Crippen LogP contribution in [0, 0.1) is 48.5 Å². The molecule has 0 N–H and O–H groups in total. The zero-order valence-electron chi connectivity index (χ0n) is 80.4. The molecule has 14 heterocycles. The van der Waals surface area contributed by atoms with Gasteiger partial charge in [-0.1, -0.05) is 187 Å². The van der Waals surface area contributed by atoms with Crippen molar-refractivity contribution in [3.8, 4) is 0 Å². The van der Waals surface area contributed by atoms with E-state index in [1.165, 1.54) is 227 Å². The van der Waals surface area contributed by atoms with Gasteiger partial charge in [-0.05, 0) is 214 Å². The van der Waals surface area contributed by atoms with Crippen molar-refractivity contribution in [1.29, 1.82) is 0 Å². The average Bonchev–Trinajstić information content (AvgIpc) is 1.62. The van der Waals surface area contributed by atoms with Crippen LogP contribution in [-0.4, -0.2) is 30.8 Å².